The highest BCUT2D eigenvalue weighted by Crippen LogP contribution is 2.43. The van der Waals surface area contributed by atoms with Crippen molar-refractivity contribution in [2.24, 2.45) is 7.05 Å². The molecule has 244 valence electrons. The summed E-state index contributed by atoms with van der Waals surface area (Å²) in [6.07, 6.45) is 1.36. The van der Waals surface area contributed by atoms with Crippen LogP contribution < -0.4 is 4.74 Å². The average molecular weight is 765 g/mol. The smallest absolute Gasteiger partial charge is 0.335 e. The van der Waals surface area contributed by atoms with Crippen molar-refractivity contribution in [1.82, 2.24) is 19.2 Å². The van der Waals surface area contributed by atoms with Crippen LogP contribution in [0.5, 0.6) is 5.75 Å². The number of hydrogen-bond acceptors (Lipinski definition) is 4. The zero-order valence-corrected chi connectivity index (χ0v) is 30.4. The number of carbonyl (C=O) groups excluding carboxylic acids is 1. The van der Waals surface area contributed by atoms with Gasteiger partial charge in [-0.25, -0.2) is 4.79 Å². The van der Waals surface area contributed by atoms with E-state index in [-0.39, 0.29) is 17.5 Å². The van der Waals surface area contributed by atoms with Gasteiger partial charge in [0.1, 0.15) is 11.4 Å². The highest BCUT2D eigenvalue weighted by molar-refractivity contribution is 14.1. The van der Waals surface area contributed by atoms with E-state index >= 15 is 0 Å². The second-order valence-electron chi connectivity index (χ2n) is 12.5. The van der Waals surface area contributed by atoms with E-state index in [4.69, 9.17) is 21.4 Å². The number of rotatable bonds is 9. The maximum atomic E-state index is 14.5. The van der Waals surface area contributed by atoms with Crippen molar-refractivity contribution in [2.45, 2.75) is 60.0 Å². The van der Waals surface area contributed by atoms with Crippen LogP contribution in [0.1, 0.15) is 73.9 Å². The molecule has 1 aliphatic rings. The number of carbonyl (C=O) groups is 2. The van der Waals surface area contributed by atoms with Crippen LogP contribution in [-0.2, 0) is 20.0 Å². The van der Waals surface area contributed by atoms with Crippen LogP contribution in [-0.4, -0.2) is 49.4 Å². The van der Waals surface area contributed by atoms with E-state index in [0.717, 1.165) is 70.0 Å². The number of carboxylic acid groups (broad SMARTS) is 1. The van der Waals surface area contributed by atoms with Crippen molar-refractivity contribution in [3.05, 3.63) is 102 Å². The van der Waals surface area contributed by atoms with E-state index in [1.165, 1.54) is 0 Å². The lowest BCUT2D eigenvalue weighted by Gasteiger charge is -2.34. The summed E-state index contributed by atoms with van der Waals surface area (Å²) in [5, 5.41) is 16.1. The first-order valence-electron chi connectivity index (χ1n) is 15.7. The number of halogens is 2. The van der Waals surface area contributed by atoms with Gasteiger partial charge in [-0.15, -0.1) is 0 Å². The molecule has 0 spiro atoms. The molecular formula is C37H38ClIN4O4. The Morgan fingerprint density at radius 1 is 1.09 bits per heavy atom. The molecule has 0 radical (unpaired) electrons. The van der Waals surface area contributed by atoms with Gasteiger partial charge in [-0.2, -0.15) is 5.10 Å². The zero-order valence-electron chi connectivity index (χ0n) is 27.4. The molecule has 1 aliphatic heterocycles. The Morgan fingerprint density at radius 3 is 2.47 bits per heavy atom. The van der Waals surface area contributed by atoms with E-state index in [1.807, 2.05) is 55.6 Å². The molecule has 0 unspecified atom stereocenters. The fourth-order valence-electron chi connectivity index (χ4n) is 6.97. The van der Waals surface area contributed by atoms with E-state index < -0.39 is 5.97 Å². The molecule has 8 nitrogen and oxygen atoms in total. The van der Waals surface area contributed by atoms with Gasteiger partial charge >= 0.3 is 5.97 Å². The first-order valence-corrected chi connectivity index (χ1v) is 17.2. The number of carboxylic acids is 1. The normalized spacial score (nSPS) is 14.6. The summed E-state index contributed by atoms with van der Waals surface area (Å²) in [4.78, 5) is 28.0. The number of benzene rings is 3. The lowest BCUT2D eigenvalue weighted by atomic mass is 9.98. The summed E-state index contributed by atoms with van der Waals surface area (Å²) in [6.45, 7) is 11.5. The Bertz CT molecular complexity index is 2040. The fourth-order valence-corrected chi connectivity index (χ4v) is 7.78. The predicted molar refractivity (Wildman–Crippen MR) is 194 cm³/mol. The molecule has 0 aliphatic carbocycles. The summed E-state index contributed by atoms with van der Waals surface area (Å²) in [5.41, 5.74) is 9.92. The van der Waals surface area contributed by atoms with Gasteiger partial charge in [-0.05, 0) is 123 Å². The molecule has 5 aromatic rings. The van der Waals surface area contributed by atoms with Crippen molar-refractivity contribution in [1.29, 1.82) is 0 Å². The molecule has 3 aromatic carbocycles. The average Bonchev–Trinajstić information content (AvgIpc) is 3.49. The van der Waals surface area contributed by atoms with Crippen LogP contribution >= 0.6 is 34.2 Å². The van der Waals surface area contributed by atoms with Crippen molar-refractivity contribution >= 4 is 57.0 Å². The number of hydrogen-bond donors (Lipinski definition) is 1. The number of amides is 1. The molecule has 6 rings (SSSR count). The minimum absolute atomic E-state index is 0.0212. The summed E-state index contributed by atoms with van der Waals surface area (Å²) in [6, 6.07) is 15.0. The first-order chi connectivity index (χ1) is 22.4. The second-order valence-corrected chi connectivity index (χ2v) is 14.1. The maximum Gasteiger partial charge on any atom is 0.335 e. The molecule has 2 aromatic heterocycles. The Morgan fingerprint density at radius 2 is 1.81 bits per heavy atom. The number of aromatic nitrogens is 3. The molecular weight excluding hydrogens is 727 g/mol. The molecule has 47 heavy (non-hydrogen) atoms. The number of aryl methyl sites for hydroxylation is 5. The van der Waals surface area contributed by atoms with Crippen molar-refractivity contribution in [2.75, 3.05) is 13.2 Å². The van der Waals surface area contributed by atoms with Crippen LogP contribution in [0.2, 0.25) is 5.02 Å². The first kappa shape index (κ1) is 33.1. The van der Waals surface area contributed by atoms with E-state index in [0.29, 0.717) is 38.2 Å². The molecule has 1 atom stereocenters. The minimum atomic E-state index is -0.984. The second kappa shape index (κ2) is 13.0. The van der Waals surface area contributed by atoms with Gasteiger partial charge in [-0.1, -0.05) is 29.8 Å². The van der Waals surface area contributed by atoms with Gasteiger partial charge in [-0.3, -0.25) is 9.48 Å². The van der Waals surface area contributed by atoms with Crippen LogP contribution in [0.3, 0.4) is 0 Å². The van der Waals surface area contributed by atoms with Gasteiger partial charge in [0.25, 0.3) is 5.91 Å². The summed E-state index contributed by atoms with van der Waals surface area (Å²) in [5.74, 6) is -0.255. The fraction of sp³-hybridized carbons (Fsp3) is 0.324. The molecule has 0 saturated heterocycles. The molecule has 1 amide bonds. The summed E-state index contributed by atoms with van der Waals surface area (Å²) >= 11 is 8.78. The Kier molecular flexibility index (Phi) is 9.15. The molecule has 0 saturated carbocycles. The van der Waals surface area contributed by atoms with Crippen molar-refractivity contribution < 1.29 is 19.4 Å². The third-order valence-corrected chi connectivity index (χ3v) is 10.7. The maximum absolute atomic E-state index is 14.5. The topological polar surface area (TPSA) is 89.6 Å². The van der Waals surface area contributed by atoms with Crippen LogP contribution in [0.25, 0.3) is 22.0 Å². The largest absolute Gasteiger partial charge is 0.494 e. The Hall–Kier alpha value is -3.83. The third kappa shape index (κ3) is 6.04. The van der Waals surface area contributed by atoms with Gasteiger partial charge in [0.05, 0.1) is 23.4 Å². The SMILES string of the molecule is Cc1cc(OCCCc2c3n(c4c(-c5c(C)nn(C)c5C)c(I)ccc24)[C@@H](C)CN(Cc2cccc(C(=O)O)c2)C3=O)cc(C)c1Cl. The van der Waals surface area contributed by atoms with E-state index in [1.54, 1.807) is 18.2 Å². The molecule has 1 N–H and O–H groups in total. The monoisotopic (exact) mass is 764 g/mol. The van der Waals surface area contributed by atoms with E-state index in [9.17, 15) is 14.7 Å². The van der Waals surface area contributed by atoms with Gasteiger partial charge in [0, 0.05) is 57.0 Å². The summed E-state index contributed by atoms with van der Waals surface area (Å²) in [7, 11) is 1.96. The van der Waals surface area contributed by atoms with Crippen molar-refractivity contribution in [3.8, 4) is 16.9 Å². The number of fused-ring (bicyclic) bond motifs is 3. The van der Waals surface area contributed by atoms with E-state index in [2.05, 4.69) is 53.1 Å². The molecule has 0 bridgehead atoms. The lowest BCUT2D eigenvalue weighted by Crippen LogP contribution is -2.42. The van der Waals surface area contributed by atoms with Crippen molar-refractivity contribution in [3.63, 3.8) is 0 Å². The quantitative estimate of drug-likeness (QED) is 0.120. The minimum Gasteiger partial charge on any atom is -0.494 e. The Labute approximate surface area is 293 Å². The number of ether oxygens (including phenoxy) is 1. The number of nitrogens with zero attached hydrogens (tertiary/aromatic N) is 4. The van der Waals surface area contributed by atoms with Crippen LogP contribution in [0, 0.1) is 31.3 Å². The highest BCUT2D eigenvalue weighted by atomic mass is 127. The lowest BCUT2D eigenvalue weighted by molar-refractivity contribution is 0.0663. The molecule has 0 fully saturated rings. The van der Waals surface area contributed by atoms with Gasteiger partial charge in [0.2, 0.25) is 0 Å². The van der Waals surface area contributed by atoms with Gasteiger partial charge < -0.3 is 19.3 Å². The van der Waals surface area contributed by atoms with Crippen LogP contribution in [0.4, 0.5) is 0 Å². The highest BCUT2D eigenvalue weighted by Gasteiger charge is 2.36. The standard InChI is InChI=1S/C37H38ClIN4O4/c1-20-15-27(16-21(2)33(20)38)47-14-8-11-28-29-12-13-30(39)32(31-23(4)40-41(6)24(31)5)34(29)43-22(3)18-42(36(44)35(28)43)19-25-9-7-10-26(17-25)37(45)46/h7,9-10,12-13,15-17,22H,8,11,14,18-19H2,1-6H3,(H,45,46)/t22-/m0/s1. The Balaban J connectivity index is 1.44. The van der Waals surface area contributed by atoms with Gasteiger partial charge in [0.15, 0.2) is 0 Å². The predicted octanol–water partition coefficient (Wildman–Crippen LogP) is 8.46. The number of aromatic carboxylic acids is 1. The zero-order chi connectivity index (χ0) is 33.7. The summed E-state index contributed by atoms with van der Waals surface area (Å²) < 4.78 is 11.4. The third-order valence-electron chi connectivity index (χ3n) is 9.19. The molecule has 10 heteroatoms. The van der Waals surface area contributed by atoms with Crippen LogP contribution in [0.15, 0.2) is 48.5 Å². The molecule has 3 heterocycles.